The van der Waals surface area contributed by atoms with Crippen LogP contribution in [-0.2, 0) is 20.8 Å². The van der Waals surface area contributed by atoms with Gasteiger partial charge in [0.05, 0.1) is 12.3 Å². The molecule has 1 unspecified atom stereocenters. The van der Waals surface area contributed by atoms with E-state index in [-0.39, 0.29) is 12.3 Å². The molecule has 0 saturated heterocycles. The Bertz CT molecular complexity index is 449. The molecule has 0 amide bonds. The third-order valence-electron chi connectivity index (χ3n) is 1.89. The second-order valence-electron chi connectivity index (χ2n) is 3.19. The zero-order chi connectivity index (χ0) is 13.7. The van der Waals surface area contributed by atoms with E-state index in [4.69, 9.17) is 0 Å². The van der Waals surface area contributed by atoms with Crippen molar-refractivity contribution in [2.45, 2.75) is 6.92 Å². The summed E-state index contributed by atoms with van der Waals surface area (Å²) in [6, 6.07) is 2.20. The second kappa shape index (κ2) is 6.41. The van der Waals surface area contributed by atoms with Crippen LogP contribution in [0.1, 0.15) is 6.92 Å². The number of anilines is 1. The van der Waals surface area contributed by atoms with Crippen LogP contribution in [0.5, 0.6) is 0 Å². The summed E-state index contributed by atoms with van der Waals surface area (Å²) in [6.45, 7) is 0.987. The molecule has 1 rings (SSSR count). The van der Waals surface area contributed by atoms with Gasteiger partial charge in [0.1, 0.15) is 18.2 Å². The van der Waals surface area contributed by atoms with Crippen molar-refractivity contribution in [1.29, 1.82) is 0 Å². The monoisotopic (exact) mass is 278 g/mol. The fraction of sp³-hybridized carbons (Fsp3) is 0.300. The predicted octanol–water partition coefficient (Wildman–Crippen LogP) is 1.13. The largest absolute Gasteiger partial charge is 0.755 e. The topological polar surface area (TPSA) is 69.7 Å². The van der Waals surface area contributed by atoms with Crippen LogP contribution in [0.4, 0.5) is 14.5 Å². The summed E-state index contributed by atoms with van der Waals surface area (Å²) < 4.78 is 52.8. The molecule has 0 radical (unpaired) electrons. The van der Waals surface area contributed by atoms with E-state index in [9.17, 15) is 22.3 Å². The van der Waals surface area contributed by atoms with Gasteiger partial charge in [-0.25, -0.2) is 8.78 Å². The van der Waals surface area contributed by atoms with Crippen LogP contribution < -0.4 is 4.31 Å². The Morgan fingerprint density at radius 3 is 2.39 bits per heavy atom. The van der Waals surface area contributed by atoms with Gasteiger partial charge in [0.2, 0.25) is 0 Å². The number of halogens is 2. The Kier molecular flexibility index (Phi) is 5.17. The highest BCUT2D eigenvalue weighted by atomic mass is 32.2. The first-order valence-corrected chi connectivity index (χ1v) is 5.96. The maximum atomic E-state index is 13.0. The van der Waals surface area contributed by atoms with Gasteiger partial charge in [0.15, 0.2) is 0 Å². The lowest BCUT2D eigenvalue weighted by molar-refractivity contribution is -0.141. The van der Waals surface area contributed by atoms with Gasteiger partial charge in [-0.2, -0.15) is 0 Å². The Hall–Kier alpha value is -1.54. The lowest BCUT2D eigenvalue weighted by atomic mass is 10.3. The Morgan fingerprint density at radius 2 is 1.94 bits per heavy atom. The molecule has 18 heavy (non-hydrogen) atoms. The summed E-state index contributed by atoms with van der Waals surface area (Å²) in [5.74, 6) is -2.69. The van der Waals surface area contributed by atoms with E-state index in [1.807, 2.05) is 0 Å². The van der Waals surface area contributed by atoms with Gasteiger partial charge in [-0.05, 0) is 19.1 Å². The second-order valence-corrected chi connectivity index (χ2v) is 4.06. The first-order valence-electron chi connectivity index (χ1n) is 4.92. The summed E-state index contributed by atoms with van der Waals surface area (Å²) in [5, 5.41) is 0. The van der Waals surface area contributed by atoms with Gasteiger partial charge in [-0.1, -0.05) is 0 Å². The third-order valence-corrected chi connectivity index (χ3v) is 2.59. The van der Waals surface area contributed by atoms with Gasteiger partial charge in [0, 0.05) is 17.3 Å². The molecule has 1 aromatic rings. The van der Waals surface area contributed by atoms with Gasteiger partial charge in [0.25, 0.3) is 0 Å². The molecule has 1 atom stereocenters. The van der Waals surface area contributed by atoms with Crippen LogP contribution in [-0.4, -0.2) is 27.9 Å². The number of carbonyl (C=O) groups excluding carboxylic acids is 1. The molecule has 0 aromatic heterocycles. The molecule has 100 valence electrons. The van der Waals surface area contributed by atoms with E-state index in [1.165, 1.54) is 0 Å². The SMILES string of the molecule is CCOC(=O)CN(c1cc(F)cc(F)c1)S(=O)[O-]. The van der Waals surface area contributed by atoms with Crippen molar-refractivity contribution in [1.82, 2.24) is 0 Å². The molecule has 0 spiro atoms. The molecule has 0 aliphatic carbocycles. The van der Waals surface area contributed by atoms with Crippen molar-refractivity contribution < 1.29 is 27.1 Å². The van der Waals surface area contributed by atoms with Gasteiger partial charge in [-0.3, -0.25) is 13.3 Å². The Morgan fingerprint density at radius 1 is 1.39 bits per heavy atom. The molecule has 0 fully saturated rings. The molecule has 0 saturated carbocycles. The lowest BCUT2D eigenvalue weighted by Crippen LogP contribution is -2.32. The molecule has 0 bridgehead atoms. The van der Waals surface area contributed by atoms with Crippen molar-refractivity contribution in [3.05, 3.63) is 29.8 Å². The van der Waals surface area contributed by atoms with Crippen LogP contribution in [0.3, 0.4) is 0 Å². The molecule has 8 heteroatoms. The molecule has 0 heterocycles. The first kappa shape index (κ1) is 14.5. The van der Waals surface area contributed by atoms with Gasteiger partial charge in [-0.15, -0.1) is 0 Å². The normalized spacial score (nSPS) is 12.0. The Labute approximate surface area is 105 Å². The van der Waals surface area contributed by atoms with E-state index < -0.39 is 35.4 Å². The minimum absolute atomic E-state index is 0.0790. The van der Waals surface area contributed by atoms with Gasteiger partial charge < -0.3 is 9.29 Å². The highest BCUT2D eigenvalue weighted by molar-refractivity contribution is 7.80. The van der Waals surface area contributed by atoms with Crippen LogP contribution in [0.15, 0.2) is 18.2 Å². The van der Waals surface area contributed by atoms with Crippen LogP contribution in [0.25, 0.3) is 0 Å². The maximum absolute atomic E-state index is 13.0. The number of ether oxygens (including phenoxy) is 1. The smallest absolute Gasteiger partial charge is 0.326 e. The quantitative estimate of drug-likeness (QED) is 0.598. The summed E-state index contributed by atoms with van der Waals surface area (Å²) in [5.41, 5.74) is -0.283. The molecular weight excluding hydrogens is 268 g/mol. The van der Waals surface area contributed by atoms with Crippen molar-refractivity contribution in [3.63, 3.8) is 0 Å². The third kappa shape index (κ3) is 4.04. The van der Waals surface area contributed by atoms with E-state index >= 15 is 0 Å². The zero-order valence-electron chi connectivity index (χ0n) is 9.39. The van der Waals surface area contributed by atoms with Crippen molar-refractivity contribution in [3.8, 4) is 0 Å². The van der Waals surface area contributed by atoms with Crippen molar-refractivity contribution >= 4 is 22.9 Å². The number of benzene rings is 1. The van der Waals surface area contributed by atoms with Crippen molar-refractivity contribution in [2.75, 3.05) is 17.5 Å². The fourth-order valence-corrected chi connectivity index (χ4v) is 1.73. The van der Waals surface area contributed by atoms with Crippen LogP contribution in [0, 0.1) is 11.6 Å². The number of hydrogen-bond donors (Lipinski definition) is 0. The van der Waals surface area contributed by atoms with Gasteiger partial charge >= 0.3 is 5.97 Å². The number of hydrogen-bond acceptors (Lipinski definition) is 4. The standard InChI is InChI=1S/C10H11F2NO4S/c1-2-17-10(14)6-13(18(15)16)9-4-7(11)3-8(12)5-9/h3-5H,2,6H2,1H3,(H,15,16)/p-1. The number of esters is 1. The van der Waals surface area contributed by atoms with Crippen LogP contribution >= 0.6 is 0 Å². The predicted molar refractivity (Wildman–Crippen MR) is 59.3 cm³/mol. The maximum Gasteiger partial charge on any atom is 0.326 e. The lowest BCUT2D eigenvalue weighted by Gasteiger charge is -2.25. The fourth-order valence-electron chi connectivity index (χ4n) is 1.24. The molecule has 0 N–H and O–H groups in total. The average Bonchev–Trinajstić information content (AvgIpc) is 2.24. The Balaban J connectivity index is 2.97. The van der Waals surface area contributed by atoms with Crippen LogP contribution in [0.2, 0.25) is 0 Å². The average molecular weight is 278 g/mol. The molecule has 5 nitrogen and oxygen atoms in total. The number of rotatable bonds is 5. The van der Waals surface area contributed by atoms with E-state index in [2.05, 4.69) is 4.74 Å². The summed E-state index contributed by atoms with van der Waals surface area (Å²) in [6.07, 6.45) is 0. The highest BCUT2D eigenvalue weighted by Crippen LogP contribution is 2.19. The summed E-state index contributed by atoms with van der Waals surface area (Å²) in [7, 11) is 0. The molecule has 1 aromatic carbocycles. The van der Waals surface area contributed by atoms with E-state index in [0.717, 1.165) is 12.1 Å². The van der Waals surface area contributed by atoms with Crippen molar-refractivity contribution in [2.24, 2.45) is 0 Å². The minimum atomic E-state index is -2.85. The minimum Gasteiger partial charge on any atom is -0.755 e. The molecule has 0 aliphatic rings. The highest BCUT2D eigenvalue weighted by Gasteiger charge is 2.15. The first-order chi connectivity index (χ1) is 8.43. The van der Waals surface area contributed by atoms with E-state index in [1.54, 1.807) is 6.92 Å². The summed E-state index contributed by atoms with van der Waals surface area (Å²) in [4.78, 5) is 11.2. The number of nitrogens with zero attached hydrogens (tertiary/aromatic N) is 1. The molecule has 0 aliphatic heterocycles. The zero-order valence-corrected chi connectivity index (χ0v) is 10.2. The summed E-state index contributed by atoms with van der Waals surface area (Å²) >= 11 is -2.85. The van der Waals surface area contributed by atoms with E-state index in [0.29, 0.717) is 10.4 Å². The number of carbonyl (C=O) groups is 1. The molecular formula is C10H10F2NO4S-.